The quantitative estimate of drug-likeness (QED) is 0.589. The third kappa shape index (κ3) is 4.29. The van der Waals surface area contributed by atoms with E-state index in [1.165, 1.54) is 28.6 Å². The van der Waals surface area contributed by atoms with Crippen LogP contribution in [0.2, 0.25) is 0 Å². The number of hydrogen-bond donors (Lipinski definition) is 2. The molecule has 4 rings (SSSR count). The molecule has 0 spiro atoms. The van der Waals surface area contributed by atoms with Gasteiger partial charge in [-0.25, -0.2) is 8.42 Å². The Labute approximate surface area is 180 Å². The van der Waals surface area contributed by atoms with Gasteiger partial charge in [-0.3, -0.25) is 13.9 Å². The van der Waals surface area contributed by atoms with Crippen molar-refractivity contribution in [3.8, 4) is 0 Å². The summed E-state index contributed by atoms with van der Waals surface area (Å²) in [5.74, 6) is -2.12. The van der Waals surface area contributed by atoms with E-state index in [-0.39, 0.29) is 17.2 Å². The minimum Gasteiger partial charge on any atom is -0.481 e. The lowest BCUT2D eigenvalue weighted by Crippen LogP contribution is -2.35. The van der Waals surface area contributed by atoms with Crippen molar-refractivity contribution in [3.05, 3.63) is 90.5 Å². The van der Waals surface area contributed by atoms with Crippen LogP contribution in [0.1, 0.15) is 16.8 Å². The van der Waals surface area contributed by atoms with Crippen molar-refractivity contribution in [2.24, 2.45) is 5.92 Å². The van der Waals surface area contributed by atoms with Gasteiger partial charge in [0, 0.05) is 11.3 Å². The second-order valence-corrected chi connectivity index (χ2v) is 9.04. The summed E-state index contributed by atoms with van der Waals surface area (Å²) in [4.78, 5) is 23.8. The molecule has 1 amide bonds. The molecule has 158 valence electrons. The Morgan fingerprint density at radius 1 is 0.871 bits per heavy atom. The first-order valence-corrected chi connectivity index (χ1v) is 11.1. The molecule has 3 aromatic rings. The predicted molar refractivity (Wildman–Crippen MR) is 116 cm³/mol. The number of para-hydroxylation sites is 2. The fourth-order valence-corrected chi connectivity index (χ4v) is 5.10. The highest BCUT2D eigenvalue weighted by Gasteiger charge is 2.51. The molecular weight excluding hydrogens is 416 g/mol. The minimum absolute atomic E-state index is 0.0105. The first-order chi connectivity index (χ1) is 14.9. The SMILES string of the molecule is O=C(Nc1ccccc1)c1ccc(S(=O)(=O)N(c2ccccc2)[C@@H]2C[C@@H]2C(=O)O)cc1. The van der Waals surface area contributed by atoms with E-state index < -0.39 is 28.0 Å². The Hall–Kier alpha value is -3.65. The number of carboxylic acids is 1. The Bertz CT molecular complexity index is 1200. The molecule has 0 heterocycles. The fraction of sp³-hybridized carbons (Fsp3) is 0.130. The van der Waals surface area contributed by atoms with Crippen molar-refractivity contribution in [2.45, 2.75) is 17.4 Å². The van der Waals surface area contributed by atoms with Crippen LogP contribution in [0, 0.1) is 5.92 Å². The number of hydrogen-bond acceptors (Lipinski definition) is 4. The van der Waals surface area contributed by atoms with E-state index in [1.807, 2.05) is 6.07 Å². The third-order valence-corrected chi connectivity index (χ3v) is 6.96. The summed E-state index contributed by atoms with van der Waals surface area (Å²) in [5.41, 5.74) is 1.35. The minimum atomic E-state index is -4.02. The summed E-state index contributed by atoms with van der Waals surface area (Å²) in [7, 11) is -4.02. The number of carbonyl (C=O) groups is 2. The molecule has 1 fully saturated rings. The number of anilines is 2. The smallest absolute Gasteiger partial charge is 0.308 e. The number of amides is 1. The Morgan fingerprint density at radius 2 is 1.45 bits per heavy atom. The molecule has 2 atom stereocenters. The van der Waals surface area contributed by atoms with Crippen LogP contribution in [0.3, 0.4) is 0 Å². The van der Waals surface area contributed by atoms with Crippen LogP contribution in [0.4, 0.5) is 11.4 Å². The lowest BCUT2D eigenvalue weighted by molar-refractivity contribution is -0.138. The predicted octanol–water partition coefficient (Wildman–Crippen LogP) is 3.61. The number of benzene rings is 3. The summed E-state index contributed by atoms with van der Waals surface area (Å²) < 4.78 is 27.9. The highest BCUT2D eigenvalue weighted by Crippen LogP contribution is 2.41. The molecule has 0 aliphatic heterocycles. The maximum absolute atomic E-state index is 13.4. The van der Waals surface area contributed by atoms with Crippen LogP contribution >= 0.6 is 0 Å². The number of carboxylic acid groups (broad SMARTS) is 1. The molecule has 0 aromatic heterocycles. The van der Waals surface area contributed by atoms with Gasteiger partial charge in [0.1, 0.15) is 0 Å². The highest BCUT2D eigenvalue weighted by molar-refractivity contribution is 7.92. The molecule has 1 aliphatic carbocycles. The van der Waals surface area contributed by atoms with Gasteiger partial charge in [-0.15, -0.1) is 0 Å². The van der Waals surface area contributed by atoms with E-state index in [4.69, 9.17) is 0 Å². The first-order valence-electron chi connectivity index (χ1n) is 9.66. The summed E-state index contributed by atoms with van der Waals surface area (Å²) in [6.45, 7) is 0. The molecule has 2 N–H and O–H groups in total. The van der Waals surface area contributed by atoms with Crippen molar-refractivity contribution < 1.29 is 23.1 Å². The number of carbonyl (C=O) groups excluding carboxylic acids is 1. The van der Waals surface area contributed by atoms with Crippen LogP contribution in [-0.2, 0) is 14.8 Å². The highest BCUT2D eigenvalue weighted by atomic mass is 32.2. The topological polar surface area (TPSA) is 104 Å². The van der Waals surface area contributed by atoms with E-state index in [0.717, 1.165) is 0 Å². The van der Waals surface area contributed by atoms with Crippen molar-refractivity contribution in [3.63, 3.8) is 0 Å². The van der Waals surface area contributed by atoms with Gasteiger partial charge in [0.2, 0.25) is 0 Å². The number of aliphatic carboxylic acids is 1. The van der Waals surface area contributed by atoms with Gasteiger partial charge in [0.05, 0.1) is 22.5 Å². The maximum Gasteiger partial charge on any atom is 0.308 e. The number of rotatable bonds is 7. The molecule has 0 radical (unpaired) electrons. The summed E-state index contributed by atoms with van der Waals surface area (Å²) in [6.07, 6.45) is 0.251. The molecule has 0 saturated heterocycles. The van der Waals surface area contributed by atoms with E-state index in [0.29, 0.717) is 16.9 Å². The molecule has 1 aliphatic rings. The van der Waals surface area contributed by atoms with Gasteiger partial charge in [0.25, 0.3) is 15.9 Å². The standard InChI is InChI=1S/C23H20N2O5S/c26-22(24-17-7-3-1-4-8-17)16-11-13-19(14-12-16)31(29,30)25(18-9-5-2-6-10-18)21-15-20(21)23(27)28/h1-14,20-21H,15H2,(H,24,26)(H,27,28)/t20-,21+/m0/s1. The van der Waals surface area contributed by atoms with E-state index in [2.05, 4.69) is 5.32 Å². The molecule has 3 aromatic carbocycles. The summed E-state index contributed by atoms with van der Waals surface area (Å²) in [5, 5.41) is 12.1. The van der Waals surface area contributed by atoms with Gasteiger partial charge in [0.15, 0.2) is 0 Å². The molecule has 0 bridgehead atoms. The molecule has 8 heteroatoms. The van der Waals surface area contributed by atoms with Crippen molar-refractivity contribution >= 4 is 33.3 Å². The number of nitrogens with one attached hydrogen (secondary N) is 1. The van der Waals surface area contributed by atoms with Crippen molar-refractivity contribution in [2.75, 3.05) is 9.62 Å². The van der Waals surface area contributed by atoms with Crippen LogP contribution < -0.4 is 9.62 Å². The largest absolute Gasteiger partial charge is 0.481 e. The molecule has 31 heavy (non-hydrogen) atoms. The maximum atomic E-state index is 13.4. The lowest BCUT2D eigenvalue weighted by Gasteiger charge is -2.25. The third-order valence-electron chi connectivity index (χ3n) is 5.09. The van der Waals surface area contributed by atoms with Gasteiger partial charge in [-0.2, -0.15) is 0 Å². The Kier molecular flexibility index (Phi) is 5.48. The zero-order chi connectivity index (χ0) is 22.0. The molecule has 1 saturated carbocycles. The van der Waals surface area contributed by atoms with Crippen molar-refractivity contribution in [1.29, 1.82) is 0 Å². The van der Waals surface area contributed by atoms with E-state index >= 15 is 0 Å². The van der Waals surface area contributed by atoms with Gasteiger partial charge in [-0.05, 0) is 55.0 Å². The van der Waals surface area contributed by atoms with Crippen molar-refractivity contribution in [1.82, 2.24) is 0 Å². The average Bonchev–Trinajstić information content (AvgIpc) is 3.56. The second-order valence-electron chi connectivity index (χ2n) is 7.23. The zero-order valence-electron chi connectivity index (χ0n) is 16.4. The molecule has 0 unspecified atom stereocenters. The van der Waals surface area contributed by atoms with Crippen LogP contribution in [-0.4, -0.2) is 31.4 Å². The van der Waals surface area contributed by atoms with Crippen LogP contribution in [0.15, 0.2) is 89.8 Å². The number of nitrogens with zero attached hydrogens (tertiary/aromatic N) is 1. The number of sulfonamides is 1. The summed E-state index contributed by atoms with van der Waals surface area (Å²) >= 11 is 0. The fourth-order valence-electron chi connectivity index (χ4n) is 3.41. The second kappa shape index (κ2) is 8.23. The normalized spacial score (nSPS) is 17.5. The Balaban J connectivity index is 1.61. The monoisotopic (exact) mass is 436 g/mol. The molecular formula is C23H20N2O5S. The van der Waals surface area contributed by atoms with E-state index in [1.54, 1.807) is 54.6 Å². The average molecular weight is 436 g/mol. The lowest BCUT2D eigenvalue weighted by atomic mass is 10.2. The first kappa shape index (κ1) is 20.6. The van der Waals surface area contributed by atoms with Gasteiger partial charge >= 0.3 is 5.97 Å². The molecule has 7 nitrogen and oxygen atoms in total. The summed E-state index contributed by atoms with van der Waals surface area (Å²) in [6, 6.07) is 22.3. The Morgan fingerprint density at radius 3 is 2.00 bits per heavy atom. The van der Waals surface area contributed by atoms with Gasteiger partial charge < -0.3 is 10.4 Å². The van der Waals surface area contributed by atoms with Gasteiger partial charge in [-0.1, -0.05) is 36.4 Å². The van der Waals surface area contributed by atoms with Crippen LogP contribution in [0.5, 0.6) is 0 Å². The van der Waals surface area contributed by atoms with Crippen LogP contribution in [0.25, 0.3) is 0 Å². The van der Waals surface area contributed by atoms with E-state index in [9.17, 15) is 23.1 Å². The zero-order valence-corrected chi connectivity index (χ0v) is 17.2.